The summed E-state index contributed by atoms with van der Waals surface area (Å²) in [5.41, 5.74) is 15.8. The molecule has 0 saturated carbocycles. The van der Waals surface area contributed by atoms with Gasteiger partial charge in [0.25, 0.3) is 0 Å². The Bertz CT molecular complexity index is 3460. The SMILES string of the molecule is C1=CCC(c2ccc(N(c3ccc(-c4ccccc4-c4ccccc4)cc3)c3ccc(-c4cccc5sc6ccccc6c45)cc3)cc2)C(n2c3ccccc3c3ccccc32)=C1. The van der Waals surface area contributed by atoms with Gasteiger partial charge in [0.2, 0.25) is 0 Å². The highest BCUT2D eigenvalue weighted by Crippen LogP contribution is 2.44. The molecule has 2 aromatic heterocycles. The molecule has 0 fully saturated rings. The topological polar surface area (TPSA) is 8.17 Å². The van der Waals surface area contributed by atoms with E-state index in [4.69, 9.17) is 0 Å². The number of hydrogen-bond acceptors (Lipinski definition) is 2. The minimum absolute atomic E-state index is 0.204. The summed E-state index contributed by atoms with van der Waals surface area (Å²) in [5.74, 6) is 0.204. The van der Waals surface area contributed by atoms with E-state index in [1.807, 2.05) is 11.3 Å². The van der Waals surface area contributed by atoms with Gasteiger partial charge in [-0.1, -0.05) is 170 Å². The van der Waals surface area contributed by atoms with Gasteiger partial charge in [0.05, 0.1) is 11.0 Å². The predicted octanol–water partition coefficient (Wildman–Crippen LogP) is 17.2. The van der Waals surface area contributed by atoms with Crippen molar-refractivity contribution in [1.29, 1.82) is 0 Å². The van der Waals surface area contributed by atoms with Gasteiger partial charge in [-0.3, -0.25) is 0 Å². The molecule has 11 aromatic rings. The lowest BCUT2D eigenvalue weighted by Crippen LogP contribution is -2.12. The summed E-state index contributed by atoms with van der Waals surface area (Å²) in [4.78, 5) is 2.39. The number of hydrogen-bond donors (Lipinski definition) is 0. The van der Waals surface area contributed by atoms with Crippen molar-refractivity contribution in [2.75, 3.05) is 4.90 Å². The van der Waals surface area contributed by atoms with E-state index in [9.17, 15) is 0 Å². The molecular weight excluding hydrogens is 781 g/mol. The first-order valence-electron chi connectivity index (χ1n) is 21.8. The zero-order chi connectivity index (χ0) is 41.7. The van der Waals surface area contributed by atoms with Gasteiger partial charge in [-0.2, -0.15) is 0 Å². The van der Waals surface area contributed by atoms with Crippen LogP contribution in [0.5, 0.6) is 0 Å². The second-order valence-electron chi connectivity index (χ2n) is 16.4. The molecule has 0 N–H and O–H groups in total. The molecule has 2 nitrogen and oxygen atoms in total. The van der Waals surface area contributed by atoms with Crippen LogP contribution < -0.4 is 4.90 Å². The number of nitrogens with zero attached hydrogens (tertiary/aromatic N) is 2. The van der Waals surface area contributed by atoms with Crippen LogP contribution in [0.3, 0.4) is 0 Å². The smallest absolute Gasteiger partial charge is 0.0538 e. The third-order valence-electron chi connectivity index (χ3n) is 12.8. The molecule has 2 heterocycles. The number of anilines is 3. The molecule has 0 bridgehead atoms. The second-order valence-corrected chi connectivity index (χ2v) is 17.5. The quantitative estimate of drug-likeness (QED) is 0.148. The molecule has 0 saturated heterocycles. The average Bonchev–Trinajstić information content (AvgIpc) is 3.91. The Morgan fingerprint density at radius 1 is 0.413 bits per heavy atom. The fraction of sp³-hybridized carbons (Fsp3) is 0.0333. The molecule has 1 aliphatic rings. The van der Waals surface area contributed by atoms with Gasteiger partial charge in [0.1, 0.15) is 0 Å². The molecule has 0 amide bonds. The van der Waals surface area contributed by atoms with E-state index in [2.05, 4.69) is 246 Å². The summed E-state index contributed by atoms with van der Waals surface area (Å²) < 4.78 is 5.12. The zero-order valence-electron chi connectivity index (χ0n) is 34.6. The third kappa shape index (κ3) is 6.48. The Labute approximate surface area is 371 Å². The van der Waals surface area contributed by atoms with E-state index in [1.54, 1.807) is 0 Å². The van der Waals surface area contributed by atoms with Crippen molar-refractivity contribution in [3.63, 3.8) is 0 Å². The van der Waals surface area contributed by atoms with Crippen molar-refractivity contribution in [2.24, 2.45) is 0 Å². The van der Waals surface area contributed by atoms with Crippen molar-refractivity contribution in [2.45, 2.75) is 12.3 Å². The van der Waals surface area contributed by atoms with Crippen LogP contribution in [0.2, 0.25) is 0 Å². The highest BCUT2D eigenvalue weighted by Gasteiger charge is 2.24. The number of allylic oxidation sites excluding steroid dienone is 4. The first-order valence-corrected chi connectivity index (χ1v) is 22.6. The second kappa shape index (κ2) is 15.6. The molecule has 1 unspecified atom stereocenters. The summed E-state index contributed by atoms with van der Waals surface area (Å²) in [6.45, 7) is 0. The fourth-order valence-corrected chi connectivity index (χ4v) is 11.0. The molecule has 0 radical (unpaired) electrons. The highest BCUT2D eigenvalue weighted by molar-refractivity contribution is 7.25. The largest absolute Gasteiger partial charge is 0.312 e. The molecule has 1 atom stereocenters. The van der Waals surface area contributed by atoms with E-state index >= 15 is 0 Å². The van der Waals surface area contributed by atoms with E-state index in [-0.39, 0.29) is 5.92 Å². The van der Waals surface area contributed by atoms with Crippen LogP contribution in [0.25, 0.3) is 81.1 Å². The van der Waals surface area contributed by atoms with Crippen LogP contribution in [0.4, 0.5) is 17.1 Å². The lowest BCUT2D eigenvalue weighted by atomic mass is 9.88. The van der Waals surface area contributed by atoms with Gasteiger partial charge in [0.15, 0.2) is 0 Å². The maximum atomic E-state index is 2.48. The number of fused-ring (bicyclic) bond motifs is 6. The molecule has 3 heteroatoms. The summed E-state index contributed by atoms with van der Waals surface area (Å²) in [7, 11) is 0. The molecule has 0 spiro atoms. The van der Waals surface area contributed by atoms with Gasteiger partial charge in [-0.15, -0.1) is 11.3 Å². The lowest BCUT2D eigenvalue weighted by Gasteiger charge is -2.28. The molecule has 63 heavy (non-hydrogen) atoms. The van der Waals surface area contributed by atoms with Gasteiger partial charge in [-0.05, 0) is 112 Å². The van der Waals surface area contributed by atoms with Gasteiger partial charge >= 0.3 is 0 Å². The van der Waals surface area contributed by atoms with E-state index < -0.39 is 0 Å². The first kappa shape index (κ1) is 37.1. The lowest BCUT2D eigenvalue weighted by molar-refractivity contribution is 0.830. The molecule has 12 rings (SSSR count). The Morgan fingerprint density at radius 3 is 1.56 bits per heavy atom. The number of rotatable bonds is 8. The zero-order valence-corrected chi connectivity index (χ0v) is 35.4. The van der Waals surface area contributed by atoms with Gasteiger partial charge in [-0.25, -0.2) is 0 Å². The Balaban J connectivity index is 0.941. The van der Waals surface area contributed by atoms with E-state index in [0.29, 0.717) is 0 Å². The van der Waals surface area contributed by atoms with Gasteiger partial charge in [0, 0.05) is 59.6 Å². The van der Waals surface area contributed by atoms with Crippen molar-refractivity contribution < 1.29 is 0 Å². The number of benzene rings is 9. The van der Waals surface area contributed by atoms with Gasteiger partial charge < -0.3 is 9.47 Å². The summed E-state index contributed by atoms with van der Waals surface area (Å²) in [5, 5.41) is 5.22. The monoisotopic (exact) mass is 822 g/mol. The maximum absolute atomic E-state index is 2.48. The minimum atomic E-state index is 0.204. The summed E-state index contributed by atoms with van der Waals surface area (Å²) >= 11 is 1.87. The number of aromatic nitrogens is 1. The highest BCUT2D eigenvalue weighted by atomic mass is 32.1. The molecule has 298 valence electrons. The number of thiophene rings is 1. The fourth-order valence-electron chi connectivity index (χ4n) is 9.86. The molecule has 9 aromatic carbocycles. The van der Waals surface area contributed by atoms with E-state index in [1.165, 1.54) is 86.6 Å². The summed E-state index contributed by atoms with van der Waals surface area (Å²) in [6, 6.07) is 80.0. The van der Waals surface area contributed by atoms with Crippen molar-refractivity contribution in [1.82, 2.24) is 4.57 Å². The Morgan fingerprint density at radius 2 is 0.905 bits per heavy atom. The van der Waals surface area contributed by atoms with E-state index in [0.717, 1.165) is 23.5 Å². The maximum Gasteiger partial charge on any atom is 0.0538 e. The van der Waals surface area contributed by atoms with Crippen LogP contribution in [-0.2, 0) is 0 Å². The van der Waals surface area contributed by atoms with Crippen LogP contribution in [0.15, 0.2) is 237 Å². The predicted molar refractivity (Wildman–Crippen MR) is 271 cm³/mol. The molecular formula is C60H42N2S. The standard InChI is InChI=1S/C60H42N2S/c1-2-15-41(16-3-1)48-17-4-5-18-49(48)42-29-35-45(36-30-42)61(47-39-33-44(34-40-47)51-23-14-28-59-60(51)54-22-9-13-27-58(54)63-59)46-37-31-43(32-38-46)50-19-6-10-24-55(50)62-56-25-11-7-20-52(56)53-21-8-12-26-57(53)62/h1-18,20-40,50H,19H2. The minimum Gasteiger partial charge on any atom is -0.312 e. The van der Waals surface area contributed by atoms with Crippen LogP contribution >= 0.6 is 11.3 Å². The Hall–Kier alpha value is -7.72. The van der Waals surface area contributed by atoms with Crippen molar-refractivity contribution >= 4 is 76.1 Å². The third-order valence-corrected chi connectivity index (χ3v) is 13.9. The van der Waals surface area contributed by atoms with Crippen molar-refractivity contribution in [3.8, 4) is 33.4 Å². The number of para-hydroxylation sites is 2. The molecule has 1 aliphatic carbocycles. The molecule has 0 aliphatic heterocycles. The van der Waals surface area contributed by atoms with Crippen LogP contribution in [0, 0.1) is 0 Å². The average molecular weight is 823 g/mol. The normalized spacial score (nSPS) is 13.8. The van der Waals surface area contributed by atoms with Crippen LogP contribution in [0.1, 0.15) is 17.9 Å². The first-order chi connectivity index (χ1) is 31.3. The van der Waals surface area contributed by atoms with Crippen molar-refractivity contribution in [3.05, 3.63) is 242 Å². The van der Waals surface area contributed by atoms with Crippen LogP contribution in [-0.4, -0.2) is 4.57 Å². The Kier molecular flexibility index (Phi) is 9.20. The summed E-state index contributed by atoms with van der Waals surface area (Å²) in [6.07, 6.45) is 7.78.